The molecule has 0 saturated carbocycles. The molecular weight excluding hydrogens is 477 g/mol. The zero-order valence-electron chi connectivity index (χ0n) is 18.5. The number of benzene rings is 2. The maximum absolute atomic E-state index is 13.0. The molecule has 0 fully saturated rings. The molecule has 0 unspecified atom stereocenters. The lowest BCUT2D eigenvalue weighted by Gasteiger charge is -2.23. The van der Waals surface area contributed by atoms with Gasteiger partial charge in [0.2, 0.25) is 0 Å². The molecule has 10 heteroatoms. The average Bonchev–Trinajstić information content (AvgIpc) is 3.32. The smallest absolute Gasteiger partial charge is 0.419 e. The lowest BCUT2D eigenvalue weighted by molar-refractivity contribution is 0.181. The molecule has 1 amide bonds. The standard InChI is InChI=1S/C24H21N5O3.2ClH/c1-31-18-7-8-20-19(13-18)23(28-22(27-20)16-4-3-10-25-14-16)29(24(30)32-2)17-6-5-15-9-11-26-21(15)12-17;;/h3-8,10,12-14,26H,9,11H2,1-2H3;2*1H. The summed E-state index contributed by atoms with van der Waals surface area (Å²) >= 11 is 0. The minimum atomic E-state index is -0.553. The van der Waals surface area contributed by atoms with Crippen molar-refractivity contribution in [3.63, 3.8) is 0 Å². The molecule has 2 aromatic heterocycles. The second-order valence-electron chi connectivity index (χ2n) is 7.32. The first kappa shape index (κ1) is 25.0. The van der Waals surface area contributed by atoms with Crippen molar-refractivity contribution in [1.82, 2.24) is 15.0 Å². The van der Waals surface area contributed by atoms with Crippen LogP contribution >= 0.6 is 24.8 Å². The monoisotopic (exact) mass is 499 g/mol. The molecule has 34 heavy (non-hydrogen) atoms. The first-order valence-electron chi connectivity index (χ1n) is 10.2. The summed E-state index contributed by atoms with van der Waals surface area (Å²) in [6.45, 7) is 0.871. The number of carbonyl (C=O) groups is 1. The SMILES string of the molecule is COC(=O)N(c1ccc2c(c1)NCC2)c1nc(-c2cccnc2)nc2ccc(OC)cc12.Cl.Cl. The van der Waals surface area contributed by atoms with Crippen molar-refractivity contribution >= 4 is 59.0 Å². The minimum absolute atomic E-state index is 0. The second kappa shape index (κ2) is 10.5. The predicted octanol–water partition coefficient (Wildman–Crippen LogP) is 5.42. The summed E-state index contributed by atoms with van der Waals surface area (Å²) in [4.78, 5) is 28.2. The van der Waals surface area contributed by atoms with Crippen molar-refractivity contribution in [1.29, 1.82) is 0 Å². The first-order valence-corrected chi connectivity index (χ1v) is 10.2. The highest BCUT2D eigenvalue weighted by molar-refractivity contribution is 6.04. The fraction of sp³-hybridized carbons (Fsp3) is 0.167. The van der Waals surface area contributed by atoms with Crippen LogP contribution in [0.3, 0.4) is 0 Å². The van der Waals surface area contributed by atoms with Gasteiger partial charge in [-0.2, -0.15) is 0 Å². The van der Waals surface area contributed by atoms with E-state index in [1.165, 1.54) is 17.6 Å². The van der Waals surface area contributed by atoms with Gasteiger partial charge in [-0.15, -0.1) is 24.8 Å². The van der Waals surface area contributed by atoms with Crippen LogP contribution in [0.4, 0.5) is 22.0 Å². The second-order valence-corrected chi connectivity index (χ2v) is 7.32. The highest BCUT2D eigenvalue weighted by Gasteiger charge is 2.26. The predicted molar refractivity (Wildman–Crippen MR) is 137 cm³/mol. The molecule has 0 aliphatic carbocycles. The van der Waals surface area contributed by atoms with Gasteiger partial charge in [-0.05, 0) is 54.4 Å². The number of hydrogen-bond donors (Lipinski definition) is 1. The van der Waals surface area contributed by atoms with Gasteiger partial charge in [0.1, 0.15) is 5.75 Å². The van der Waals surface area contributed by atoms with Crippen LogP contribution in [0, 0.1) is 0 Å². The lowest BCUT2D eigenvalue weighted by Crippen LogP contribution is -2.27. The zero-order valence-corrected chi connectivity index (χ0v) is 20.2. The molecular formula is C24H23Cl2N5O3. The molecule has 0 atom stereocenters. The molecule has 1 N–H and O–H groups in total. The number of carbonyl (C=O) groups excluding carboxylic acids is 1. The van der Waals surface area contributed by atoms with E-state index >= 15 is 0 Å². The van der Waals surface area contributed by atoms with Gasteiger partial charge in [-0.3, -0.25) is 4.98 Å². The van der Waals surface area contributed by atoms with Crippen LogP contribution in [-0.4, -0.2) is 41.8 Å². The van der Waals surface area contributed by atoms with Gasteiger partial charge in [-0.25, -0.2) is 19.7 Å². The van der Waals surface area contributed by atoms with Crippen LogP contribution in [-0.2, 0) is 11.2 Å². The summed E-state index contributed by atoms with van der Waals surface area (Å²) in [5.74, 6) is 1.49. The number of amides is 1. The summed E-state index contributed by atoms with van der Waals surface area (Å²) in [5, 5.41) is 4.02. The third-order valence-corrected chi connectivity index (χ3v) is 5.43. The number of fused-ring (bicyclic) bond motifs is 2. The normalized spacial score (nSPS) is 11.5. The molecule has 1 aliphatic heterocycles. The summed E-state index contributed by atoms with van der Waals surface area (Å²) in [6, 6.07) is 15.1. The van der Waals surface area contributed by atoms with Crippen LogP contribution in [0.5, 0.6) is 5.75 Å². The summed E-state index contributed by atoms with van der Waals surface area (Å²) in [5.41, 5.74) is 4.27. The van der Waals surface area contributed by atoms with Crippen molar-refractivity contribution in [2.75, 3.05) is 31.0 Å². The number of ether oxygens (including phenoxy) is 2. The Labute approximate surface area is 209 Å². The van der Waals surface area contributed by atoms with E-state index < -0.39 is 6.09 Å². The van der Waals surface area contributed by atoms with Gasteiger partial charge in [0.15, 0.2) is 11.6 Å². The molecule has 176 valence electrons. The van der Waals surface area contributed by atoms with E-state index in [-0.39, 0.29) is 24.8 Å². The summed E-state index contributed by atoms with van der Waals surface area (Å²) < 4.78 is 10.6. The molecule has 4 aromatic rings. The Morgan fingerprint density at radius 2 is 1.91 bits per heavy atom. The van der Waals surface area contributed by atoms with Gasteiger partial charge in [0.05, 0.1) is 25.4 Å². The van der Waals surface area contributed by atoms with E-state index in [0.717, 1.165) is 24.2 Å². The molecule has 2 aromatic carbocycles. The van der Waals surface area contributed by atoms with Crippen molar-refractivity contribution in [2.45, 2.75) is 6.42 Å². The van der Waals surface area contributed by atoms with Gasteiger partial charge in [-0.1, -0.05) is 6.07 Å². The molecule has 0 bridgehead atoms. The largest absolute Gasteiger partial charge is 0.497 e. The van der Waals surface area contributed by atoms with E-state index in [1.54, 1.807) is 19.5 Å². The maximum Gasteiger partial charge on any atom is 0.419 e. The van der Waals surface area contributed by atoms with Crippen molar-refractivity contribution in [3.8, 4) is 17.1 Å². The van der Waals surface area contributed by atoms with Gasteiger partial charge in [0.25, 0.3) is 0 Å². The number of methoxy groups -OCH3 is 2. The number of hydrogen-bond acceptors (Lipinski definition) is 7. The van der Waals surface area contributed by atoms with E-state index in [1.807, 2.05) is 48.5 Å². The quantitative estimate of drug-likeness (QED) is 0.401. The Kier molecular flexibility index (Phi) is 7.75. The van der Waals surface area contributed by atoms with Gasteiger partial charge >= 0.3 is 6.09 Å². The minimum Gasteiger partial charge on any atom is -0.497 e. The Morgan fingerprint density at radius 1 is 1.06 bits per heavy atom. The Balaban J connectivity index is 0.00000162. The number of halogens is 2. The fourth-order valence-corrected chi connectivity index (χ4v) is 3.84. The highest BCUT2D eigenvalue weighted by Crippen LogP contribution is 2.37. The third-order valence-electron chi connectivity index (χ3n) is 5.43. The maximum atomic E-state index is 13.0. The van der Waals surface area contributed by atoms with Crippen LogP contribution in [0.1, 0.15) is 5.56 Å². The van der Waals surface area contributed by atoms with Crippen LogP contribution in [0.15, 0.2) is 60.9 Å². The number of aromatic nitrogens is 3. The average molecular weight is 500 g/mol. The Hall–Kier alpha value is -3.62. The van der Waals surface area contributed by atoms with Crippen LogP contribution in [0.25, 0.3) is 22.3 Å². The highest BCUT2D eigenvalue weighted by atomic mass is 35.5. The Bertz CT molecular complexity index is 1320. The van der Waals surface area contributed by atoms with Crippen molar-refractivity contribution in [3.05, 3.63) is 66.5 Å². The lowest BCUT2D eigenvalue weighted by atomic mass is 10.1. The number of anilines is 3. The molecule has 0 radical (unpaired) electrons. The van der Waals surface area contributed by atoms with Crippen molar-refractivity contribution in [2.24, 2.45) is 0 Å². The molecule has 5 rings (SSSR count). The number of rotatable bonds is 4. The van der Waals surface area contributed by atoms with E-state index in [2.05, 4.69) is 10.3 Å². The fourth-order valence-electron chi connectivity index (χ4n) is 3.84. The Morgan fingerprint density at radius 3 is 2.65 bits per heavy atom. The number of nitrogens with zero attached hydrogens (tertiary/aromatic N) is 4. The van der Waals surface area contributed by atoms with E-state index in [4.69, 9.17) is 19.4 Å². The molecule has 3 heterocycles. The van der Waals surface area contributed by atoms with Gasteiger partial charge in [0, 0.05) is 35.6 Å². The molecule has 0 spiro atoms. The number of nitrogens with one attached hydrogen (secondary N) is 1. The molecule has 0 saturated heterocycles. The van der Waals surface area contributed by atoms with E-state index in [0.29, 0.717) is 34.0 Å². The van der Waals surface area contributed by atoms with Crippen LogP contribution in [0.2, 0.25) is 0 Å². The molecule has 8 nitrogen and oxygen atoms in total. The zero-order chi connectivity index (χ0) is 22.1. The van der Waals surface area contributed by atoms with Crippen molar-refractivity contribution < 1.29 is 14.3 Å². The van der Waals surface area contributed by atoms with Crippen LogP contribution < -0.4 is 15.0 Å². The number of pyridine rings is 1. The summed E-state index contributed by atoms with van der Waals surface area (Å²) in [7, 11) is 2.95. The summed E-state index contributed by atoms with van der Waals surface area (Å²) in [6.07, 6.45) is 3.78. The molecule has 1 aliphatic rings. The van der Waals surface area contributed by atoms with E-state index in [9.17, 15) is 4.79 Å². The third kappa shape index (κ3) is 4.55. The first-order chi connectivity index (χ1) is 15.7. The van der Waals surface area contributed by atoms with Gasteiger partial charge < -0.3 is 14.8 Å². The topological polar surface area (TPSA) is 89.5 Å².